The van der Waals surface area contributed by atoms with Crippen LogP contribution in [0, 0.1) is 5.82 Å². The lowest BCUT2D eigenvalue weighted by atomic mass is 10.2. The van der Waals surface area contributed by atoms with E-state index >= 15 is 0 Å². The molecule has 0 aliphatic heterocycles. The molecule has 152 valence electrons. The maximum Gasteiger partial charge on any atom is 0.251 e. The van der Waals surface area contributed by atoms with Crippen molar-refractivity contribution in [3.05, 3.63) is 72.0 Å². The van der Waals surface area contributed by atoms with Crippen molar-refractivity contribution >= 4 is 11.6 Å². The molecule has 0 fully saturated rings. The van der Waals surface area contributed by atoms with Crippen LogP contribution in [-0.2, 0) is 0 Å². The van der Waals surface area contributed by atoms with Crippen molar-refractivity contribution in [2.75, 3.05) is 20.3 Å². The maximum atomic E-state index is 13.5. The molecule has 2 heterocycles. The normalized spacial score (nSPS) is 10.7. The molecule has 1 amide bonds. The van der Waals surface area contributed by atoms with E-state index in [0.29, 0.717) is 40.8 Å². The van der Waals surface area contributed by atoms with Gasteiger partial charge < -0.3 is 14.8 Å². The third-order valence-electron chi connectivity index (χ3n) is 4.31. The molecule has 8 nitrogen and oxygen atoms in total. The van der Waals surface area contributed by atoms with Gasteiger partial charge in [0.1, 0.15) is 18.2 Å². The summed E-state index contributed by atoms with van der Waals surface area (Å²) < 4.78 is 25.7. The van der Waals surface area contributed by atoms with Crippen LogP contribution in [-0.4, -0.2) is 46.0 Å². The molecular weight excluding hydrogens is 389 g/mol. The second-order valence-corrected chi connectivity index (χ2v) is 6.31. The molecule has 0 unspecified atom stereocenters. The standard InChI is InChI=1S/C21H18FN5O3/c1-29-17-7-5-14(6-8-17)21(28)23-11-12-30-19-10-9-18-24-25-20(27(18)26-19)15-3-2-4-16(22)13-15/h2-10,13H,11-12H2,1H3,(H,23,28). The van der Waals surface area contributed by atoms with Crippen LogP contribution in [0.5, 0.6) is 11.6 Å². The van der Waals surface area contributed by atoms with Gasteiger partial charge in [0.25, 0.3) is 5.91 Å². The van der Waals surface area contributed by atoms with E-state index in [9.17, 15) is 9.18 Å². The summed E-state index contributed by atoms with van der Waals surface area (Å²) in [5.74, 6) is 0.838. The number of aromatic nitrogens is 4. The minimum absolute atomic E-state index is 0.211. The Morgan fingerprint density at radius 3 is 2.70 bits per heavy atom. The van der Waals surface area contributed by atoms with Gasteiger partial charge in [-0.1, -0.05) is 12.1 Å². The summed E-state index contributed by atoms with van der Waals surface area (Å²) in [6, 6.07) is 16.2. The number of nitrogens with zero attached hydrogens (tertiary/aromatic N) is 4. The van der Waals surface area contributed by atoms with Gasteiger partial charge >= 0.3 is 0 Å². The topological polar surface area (TPSA) is 90.6 Å². The summed E-state index contributed by atoms with van der Waals surface area (Å²) in [5, 5.41) is 15.2. The first-order valence-corrected chi connectivity index (χ1v) is 9.17. The quantitative estimate of drug-likeness (QED) is 0.474. The lowest BCUT2D eigenvalue weighted by molar-refractivity contribution is 0.0946. The van der Waals surface area contributed by atoms with E-state index in [1.165, 1.54) is 16.6 Å². The van der Waals surface area contributed by atoms with Crippen LogP contribution >= 0.6 is 0 Å². The Morgan fingerprint density at radius 1 is 1.10 bits per heavy atom. The fourth-order valence-electron chi connectivity index (χ4n) is 2.82. The molecule has 30 heavy (non-hydrogen) atoms. The number of ether oxygens (including phenoxy) is 2. The van der Waals surface area contributed by atoms with Crippen LogP contribution in [0.3, 0.4) is 0 Å². The number of hydrogen-bond donors (Lipinski definition) is 1. The van der Waals surface area contributed by atoms with Crippen molar-refractivity contribution in [3.8, 4) is 23.0 Å². The Kier molecular flexibility index (Phi) is 5.51. The van der Waals surface area contributed by atoms with E-state index in [1.54, 1.807) is 55.6 Å². The van der Waals surface area contributed by atoms with Crippen LogP contribution in [0.15, 0.2) is 60.7 Å². The largest absolute Gasteiger partial charge is 0.497 e. The molecule has 0 aliphatic rings. The number of rotatable bonds is 7. The highest BCUT2D eigenvalue weighted by atomic mass is 19.1. The number of halogens is 1. The summed E-state index contributed by atoms with van der Waals surface area (Å²) in [4.78, 5) is 12.2. The number of amides is 1. The van der Waals surface area contributed by atoms with E-state index < -0.39 is 0 Å². The molecule has 2 aromatic carbocycles. The van der Waals surface area contributed by atoms with Gasteiger partial charge in [-0.05, 0) is 42.5 Å². The first-order valence-electron chi connectivity index (χ1n) is 9.17. The highest BCUT2D eigenvalue weighted by Gasteiger charge is 2.11. The molecule has 4 aromatic rings. The van der Waals surface area contributed by atoms with Gasteiger partial charge in [-0.3, -0.25) is 4.79 Å². The molecule has 0 atom stereocenters. The third kappa shape index (κ3) is 4.19. The molecule has 0 spiro atoms. The molecule has 4 rings (SSSR count). The number of methoxy groups -OCH3 is 1. The number of benzene rings is 2. The van der Waals surface area contributed by atoms with Crippen LogP contribution in [0.25, 0.3) is 17.0 Å². The minimum atomic E-state index is -0.371. The predicted molar refractivity (Wildman–Crippen MR) is 107 cm³/mol. The summed E-state index contributed by atoms with van der Waals surface area (Å²) in [5.41, 5.74) is 1.59. The Bertz CT molecular complexity index is 1180. The van der Waals surface area contributed by atoms with Crippen molar-refractivity contribution in [2.24, 2.45) is 0 Å². The van der Waals surface area contributed by atoms with Gasteiger partial charge in [0.2, 0.25) is 5.88 Å². The molecule has 1 N–H and O–H groups in total. The molecule has 9 heteroatoms. The van der Waals surface area contributed by atoms with Crippen molar-refractivity contribution in [2.45, 2.75) is 0 Å². The SMILES string of the molecule is COc1ccc(C(=O)NCCOc2ccc3nnc(-c4cccc(F)c4)n3n2)cc1. The molecule has 0 saturated heterocycles. The zero-order valence-electron chi connectivity index (χ0n) is 16.1. The molecule has 0 radical (unpaired) electrons. The summed E-state index contributed by atoms with van der Waals surface area (Å²) in [7, 11) is 1.57. The molecular formula is C21H18FN5O3. The predicted octanol–water partition coefficient (Wildman–Crippen LogP) is 2.75. The fourth-order valence-corrected chi connectivity index (χ4v) is 2.82. The van der Waals surface area contributed by atoms with Crippen molar-refractivity contribution in [3.63, 3.8) is 0 Å². The van der Waals surface area contributed by atoms with Crippen molar-refractivity contribution in [1.29, 1.82) is 0 Å². The molecule has 0 bridgehead atoms. The van der Waals surface area contributed by atoms with Gasteiger partial charge in [0.05, 0.1) is 13.7 Å². The number of nitrogens with one attached hydrogen (secondary N) is 1. The minimum Gasteiger partial charge on any atom is -0.497 e. The highest BCUT2D eigenvalue weighted by Crippen LogP contribution is 2.19. The van der Waals surface area contributed by atoms with Gasteiger partial charge in [-0.15, -0.1) is 15.3 Å². The van der Waals surface area contributed by atoms with Gasteiger partial charge in [-0.25, -0.2) is 4.39 Å². The van der Waals surface area contributed by atoms with Gasteiger partial charge in [-0.2, -0.15) is 4.52 Å². The lowest BCUT2D eigenvalue weighted by Crippen LogP contribution is -2.28. The Balaban J connectivity index is 1.38. The second-order valence-electron chi connectivity index (χ2n) is 6.31. The van der Waals surface area contributed by atoms with Crippen molar-refractivity contribution in [1.82, 2.24) is 25.1 Å². The van der Waals surface area contributed by atoms with E-state index in [2.05, 4.69) is 20.6 Å². The van der Waals surface area contributed by atoms with Crippen LogP contribution < -0.4 is 14.8 Å². The van der Waals surface area contributed by atoms with E-state index in [1.807, 2.05) is 0 Å². The Labute approximate surface area is 171 Å². The first-order chi connectivity index (χ1) is 14.6. The second kappa shape index (κ2) is 8.56. The zero-order chi connectivity index (χ0) is 20.9. The monoisotopic (exact) mass is 407 g/mol. The molecule has 0 saturated carbocycles. The van der Waals surface area contributed by atoms with E-state index in [0.717, 1.165) is 0 Å². The zero-order valence-corrected chi connectivity index (χ0v) is 16.1. The smallest absolute Gasteiger partial charge is 0.251 e. The van der Waals surface area contributed by atoms with Crippen LogP contribution in [0.2, 0.25) is 0 Å². The van der Waals surface area contributed by atoms with E-state index in [-0.39, 0.29) is 18.3 Å². The average molecular weight is 407 g/mol. The molecule has 0 aliphatic carbocycles. The number of carbonyl (C=O) groups excluding carboxylic acids is 1. The first kappa shape index (κ1) is 19.3. The van der Waals surface area contributed by atoms with E-state index in [4.69, 9.17) is 9.47 Å². The fraction of sp³-hybridized carbons (Fsp3) is 0.143. The number of carbonyl (C=O) groups is 1. The summed E-state index contributed by atoms with van der Waals surface area (Å²) in [6.07, 6.45) is 0. The Morgan fingerprint density at radius 2 is 1.93 bits per heavy atom. The Hall–Kier alpha value is -4.01. The molecule has 2 aromatic heterocycles. The van der Waals surface area contributed by atoms with Gasteiger partial charge in [0, 0.05) is 17.2 Å². The van der Waals surface area contributed by atoms with Crippen molar-refractivity contribution < 1.29 is 18.7 Å². The third-order valence-corrected chi connectivity index (χ3v) is 4.31. The van der Waals surface area contributed by atoms with Gasteiger partial charge in [0.15, 0.2) is 11.5 Å². The van der Waals surface area contributed by atoms with Crippen LogP contribution in [0.1, 0.15) is 10.4 Å². The summed E-state index contributed by atoms with van der Waals surface area (Å²) >= 11 is 0. The number of hydrogen-bond acceptors (Lipinski definition) is 6. The number of fused-ring (bicyclic) bond motifs is 1. The highest BCUT2D eigenvalue weighted by molar-refractivity contribution is 5.94. The summed E-state index contributed by atoms with van der Waals surface area (Å²) in [6.45, 7) is 0.515. The lowest BCUT2D eigenvalue weighted by Gasteiger charge is -2.08. The average Bonchev–Trinajstić information content (AvgIpc) is 3.20. The maximum absolute atomic E-state index is 13.5. The van der Waals surface area contributed by atoms with Crippen LogP contribution in [0.4, 0.5) is 4.39 Å².